The summed E-state index contributed by atoms with van der Waals surface area (Å²) in [6.07, 6.45) is 3.30. The van der Waals surface area contributed by atoms with Gasteiger partial charge in [-0.2, -0.15) is 9.40 Å². The van der Waals surface area contributed by atoms with Gasteiger partial charge in [-0.25, -0.2) is 13.1 Å². The number of para-hydroxylation sites is 1. The van der Waals surface area contributed by atoms with Crippen molar-refractivity contribution in [2.24, 2.45) is 0 Å². The van der Waals surface area contributed by atoms with Gasteiger partial charge in [0.25, 0.3) is 0 Å². The maximum absolute atomic E-state index is 13.6. The number of benzene rings is 2. The van der Waals surface area contributed by atoms with Crippen LogP contribution in [0, 0.1) is 0 Å². The van der Waals surface area contributed by atoms with Crippen LogP contribution in [0.5, 0.6) is 0 Å². The first-order valence-electron chi connectivity index (χ1n) is 9.84. The van der Waals surface area contributed by atoms with Crippen molar-refractivity contribution in [2.45, 2.75) is 23.8 Å². The van der Waals surface area contributed by atoms with Crippen molar-refractivity contribution in [2.75, 3.05) is 27.2 Å². The summed E-state index contributed by atoms with van der Waals surface area (Å²) in [7, 11) is 0.0754. The second-order valence-electron chi connectivity index (χ2n) is 7.54. The lowest BCUT2D eigenvalue weighted by molar-refractivity contribution is 0.197. The minimum Gasteiger partial charge on any atom is -0.306 e. The van der Waals surface area contributed by atoms with Crippen molar-refractivity contribution in [3.05, 3.63) is 66.9 Å². The minimum absolute atomic E-state index is 0.0000939. The van der Waals surface area contributed by atoms with Crippen LogP contribution >= 0.6 is 0 Å². The van der Waals surface area contributed by atoms with Crippen LogP contribution in [0.3, 0.4) is 0 Å². The molecule has 0 aliphatic carbocycles. The molecule has 0 spiro atoms. The number of hydrogen-bond donors (Lipinski definition) is 0. The third kappa shape index (κ3) is 3.99. The molecule has 1 aromatic heterocycles. The maximum Gasteiger partial charge on any atom is 0.246 e. The van der Waals surface area contributed by atoms with Crippen LogP contribution in [0.1, 0.15) is 12.8 Å². The highest BCUT2D eigenvalue weighted by atomic mass is 32.2. The van der Waals surface area contributed by atoms with Crippen LogP contribution in [0.4, 0.5) is 0 Å². The first kappa shape index (κ1) is 19.8. The standard InChI is InChI=1S/C22H26N4O2S/c1-24-15-13-19(14-16-24)25(2)29(27,28)21-17-26(20-11-7-4-8-12-20)23-22(21)18-9-5-3-6-10-18/h3-12,17,19H,13-16H2,1-2H3. The second kappa shape index (κ2) is 8.10. The average molecular weight is 411 g/mol. The van der Waals surface area contributed by atoms with Crippen molar-refractivity contribution >= 4 is 10.0 Å². The van der Waals surface area contributed by atoms with E-state index in [1.54, 1.807) is 22.2 Å². The lowest BCUT2D eigenvalue weighted by Gasteiger charge is -2.34. The van der Waals surface area contributed by atoms with Crippen LogP contribution in [0.25, 0.3) is 16.9 Å². The third-order valence-corrected chi connectivity index (χ3v) is 7.52. The van der Waals surface area contributed by atoms with E-state index in [-0.39, 0.29) is 10.9 Å². The molecule has 0 saturated carbocycles. The van der Waals surface area contributed by atoms with E-state index in [0.29, 0.717) is 5.69 Å². The van der Waals surface area contributed by atoms with Crippen LogP contribution in [0.2, 0.25) is 0 Å². The zero-order valence-corrected chi connectivity index (χ0v) is 17.6. The van der Waals surface area contributed by atoms with E-state index in [0.717, 1.165) is 37.2 Å². The average Bonchev–Trinajstić information content (AvgIpc) is 3.21. The van der Waals surface area contributed by atoms with E-state index in [1.807, 2.05) is 60.7 Å². The SMILES string of the molecule is CN1CCC(N(C)S(=O)(=O)c2cn(-c3ccccc3)nc2-c2ccccc2)CC1. The summed E-state index contributed by atoms with van der Waals surface area (Å²) in [5, 5.41) is 4.66. The molecule has 2 aromatic carbocycles. The van der Waals surface area contributed by atoms with Gasteiger partial charge >= 0.3 is 0 Å². The van der Waals surface area contributed by atoms with Gasteiger partial charge in [0, 0.05) is 18.7 Å². The summed E-state index contributed by atoms with van der Waals surface area (Å²) in [5.74, 6) is 0. The van der Waals surface area contributed by atoms with E-state index >= 15 is 0 Å². The molecule has 3 aromatic rings. The fourth-order valence-corrected chi connectivity index (χ4v) is 5.32. The Morgan fingerprint density at radius 3 is 2.17 bits per heavy atom. The zero-order chi connectivity index (χ0) is 20.4. The third-order valence-electron chi connectivity index (χ3n) is 5.61. The molecule has 0 N–H and O–H groups in total. The molecule has 0 bridgehead atoms. The van der Waals surface area contributed by atoms with E-state index < -0.39 is 10.0 Å². The Kier molecular flexibility index (Phi) is 5.54. The molecule has 1 fully saturated rings. The van der Waals surface area contributed by atoms with Gasteiger partial charge < -0.3 is 4.90 Å². The molecular weight excluding hydrogens is 384 g/mol. The Morgan fingerprint density at radius 2 is 1.55 bits per heavy atom. The normalized spacial score (nSPS) is 16.4. The van der Waals surface area contributed by atoms with Crippen LogP contribution in [-0.2, 0) is 10.0 Å². The molecular formula is C22H26N4O2S. The highest BCUT2D eigenvalue weighted by Gasteiger charge is 2.33. The van der Waals surface area contributed by atoms with E-state index in [9.17, 15) is 8.42 Å². The Hall–Kier alpha value is -2.48. The number of likely N-dealkylation sites (tertiary alicyclic amines) is 1. The van der Waals surface area contributed by atoms with E-state index in [2.05, 4.69) is 17.0 Å². The second-order valence-corrected chi connectivity index (χ2v) is 9.51. The summed E-state index contributed by atoms with van der Waals surface area (Å²) < 4.78 is 30.4. The van der Waals surface area contributed by atoms with Crippen molar-refractivity contribution in [3.8, 4) is 16.9 Å². The van der Waals surface area contributed by atoms with E-state index in [4.69, 9.17) is 0 Å². The fraction of sp³-hybridized carbons (Fsp3) is 0.318. The lowest BCUT2D eigenvalue weighted by Crippen LogP contribution is -2.44. The number of nitrogens with zero attached hydrogens (tertiary/aromatic N) is 4. The molecule has 29 heavy (non-hydrogen) atoms. The first-order chi connectivity index (χ1) is 14.0. The van der Waals surface area contributed by atoms with Gasteiger partial charge in [-0.1, -0.05) is 48.5 Å². The molecule has 1 aliphatic heterocycles. The van der Waals surface area contributed by atoms with Crippen molar-refractivity contribution in [1.82, 2.24) is 19.0 Å². The first-order valence-corrected chi connectivity index (χ1v) is 11.3. The molecule has 7 heteroatoms. The van der Waals surface area contributed by atoms with Gasteiger partial charge in [0.2, 0.25) is 10.0 Å². The molecule has 6 nitrogen and oxygen atoms in total. The van der Waals surface area contributed by atoms with Gasteiger partial charge in [0.15, 0.2) is 0 Å². The van der Waals surface area contributed by atoms with Crippen LogP contribution < -0.4 is 0 Å². The molecule has 2 heterocycles. The fourth-order valence-electron chi connectivity index (χ4n) is 3.77. The Morgan fingerprint density at radius 1 is 0.966 bits per heavy atom. The molecule has 0 amide bonds. The summed E-state index contributed by atoms with van der Waals surface area (Å²) >= 11 is 0. The summed E-state index contributed by atoms with van der Waals surface area (Å²) in [6.45, 7) is 1.80. The molecule has 152 valence electrons. The van der Waals surface area contributed by atoms with Crippen LogP contribution in [0.15, 0.2) is 71.8 Å². The molecule has 0 radical (unpaired) electrons. The number of sulfonamides is 1. The summed E-state index contributed by atoms with van der Waals surface area (Å²) in [5.41, 5.74) is 2.10. The van der Waals surface area contributed by atoms with Crippen molar-refractivity contribution in [3.63, 3.8) is 0 Å². The maximum atomic E-state index is 13.6. The molecule has 4 rings (SSSR count). The number of hydrogen-bond acceptors (Lipinski definition) is 4. The number of rotatable bonds is 5. The Labute approximate surface area is 172 Å². The molecule has 0 unspecified atom stereocenters. The monoisotopic (exact) mass is 410 g/mol. The van der Waals surface area contributed by atoms with Crippen LogP contribution in [-0.4, -0.2) is 60.6 Å². The van der Waals surface area contributed by atoms with E-state index in [1.165, 1.54) is 0 Å². The van der Waals surface area contributed by atoms with Gasteiger partial charge in [-0.15, -0.1) is 0 Å². The topological polar surface area (TPSA) is 58.4 Å². The highest BCUT2D eigenvalue weighted by Crippen LogP contribution is 2.31. The largest absolute Gasteiger partial charge is 0.306 e. The molecule has 1 saturated heterocycles. The molecule has 1 aliphatic rings. The smallest absolute Gasteiger partial charge is 0.246 e. The summed E-state index contributed by atoms with van der Waals surface area (Å²) in [4.78, 5) is 2.48. The predicted octanol–water partition coefficient (Wildman–Crippen LogP) is 3.25. The van der Waals surface area contributed by atoms with Crippen molar-refractivity contribution < 1.29 is 8.42 Å². The predicted molar refractivity (Wildman–Crippen MR) is 114 cm³/mol. The summed E-state index contributed by atoms with van der Waals surface area (Å²) in [6, 6.07) is 19.1. The Bertz CT molecular complexity index is 1060. The highest BCUT2D eigenvalue weighted by molar-refractivity contribution is 7.89. The number of aromatic nitrogens is 2. The van der Waals surface area contributed by atoms with Gasteiger partial charge in [0.05, 0.1) is 11.9 Å². The van der Waals surface area contributed by atoms with Crippen molar-refractivity contribution in [1.29, 1.82) is 0 Å². The van der Waals surface area contributed by atoms with Gasteiger partial charge in [-0.3, -0.25) is 0 Å². The number of piperidine rings is 1. The minimum atomic E-state index is -3.69. The molecule has 0 atom stereocenters. The zero-order valence-electron chi connectivity index (χ0n) is 16.8. The lowest BCUT2D eigenvalue weighted by atomic mass is 10.1. The van der Waals surface area contributed by atoms with Gasteiger partial charge in [-0.05, 0) is 45.1 Å². The van der Waals surface area contributed by atoms with Gasteiger partial charge in [0.1, 0.15) is 10.6 Å². The quantitative estimate of drug-likeness (QED) is 0.648. The Balaban J connectivity index is 1.78.